The zero-order valence-corrected chi connectivity index (χ0v) is 9.86. The van der Waals surface area contributed by atoms with Crippen molar-refractivity contribution in [3.8, 4) is 0 Å². The molecule has 0 saturated carbocycles. The molecule has 15 heavy (non-hydrogen) atoms. The molecule has 3 N–H and O–H groups in total. The molecule has 88 valence electrons. The van der Waals surface area contributed by atoms with Gasteiger partial charge in [-0.1, -0.05) is 0 Å². The fourth-order valence-electron chi connectivity index (χ4n) is 1.88. The van der Waals surface area contributed by atoms with Gasteiger partial charge in [-0.15, -0.1) is 0 Å². The molecule has 2 atom stereocenters. The summed E-state index contributed by atoms with van der Waals surface area (Å²) in [5.74, 6) is 0.0642. The van der Waals surface area contributed by atoms with Crippen molar-refractivity contribution in [2.45, 2.75) is 19.0 Å². The highest BCUT2D eigenvalue weighted by molar-refractivity contribution is 5.82. The predicted octanol–water partition coefficient (Wildman–Crippen LogP) is -1.30. The van der Waals surface area contributed by atoms with E-state index in [1.165, 1.54) is 0 Å². The molecule has 1 aliphatic rings. The predicted molar refractivity (Wildman–Crippen MR) is 60.6 cm³/mol. The van der Waals surface area contributed by atoms with E-state index < -0.39 is 0 Å². The second-order valence-electron chi connectivity index (χ2n) is 4.39. The first-order valence-corrected chi connectivity index (χ1v) is 5.44. The molecule has 1 fully saturated rings. The number of piperazine rings is 1. The molecule has 1 saturated heterocycles. The molecule has 1 aliphatic heterocycles. The third-order valence-electron chi connectivity index (χ3n) is 2.87. The lowest BCUT2D eigenvalue weighted by molar-refractivity contribution is -0.130. The van der Waals surface area contributed by atoms with Crippen LogP contribution in [0.25, 0.3) is 0 Å². The van der Waals surface area contributed by atoms with Gasteiger partial charge in [0.05, 0.1) is 0 Å². The molecule has 0 aromatic carbocycles. The van der Waals surface area contributed by atoms with Crippen molar-refractivity contribution in [3.05, 3.63) is 0 Å². The van der Waals surface area contributed by atoms with Crippen LogP contribution >= 0.6 is 0 Å². The van der Waals surface area contributed by atoms with Crippen molar-refractivity contribution in [1.29, 1.82) is 0 Å². The molecule has 0 bridgehead atoms. The van der Waals surface area contributed by atoms with E-state index in [4.69, 9.17) is 5.73 Å². The number of nitrogens with zero attached hydrogens (tertiary/aromatic N) is 2. The van der Waals surface area contributed by atoms with Gasteiger partial charge in [-0.05, 0) is 21.0 Å². The fourth-order valence-corrected chi connectivity index (χ4v) is 1.88. The van der Waals surface area contributed by atoms with Crippen LogP contribution in [-0.2, 0) is 4.79 Å². The van der Waals surface area contributed by atoms with Gasteiger partial charge in [-0.3, -0.25) is 9.69 Å². The first-order chi connectivity index (χ1) is 7.06. The number of carbonyl (C=O) groups excluding carboxylic acids is 1. The maximum Gasteiger partial charge on any atom is 0.238 e. The lowest BCUT2D eigenvalue weighted by atomic mass is 10.1. The zero-order chi connectivity index (χ0) is 11.4. The monoisotopic (exact) mass is 214 g/mol. The molecular formula is C10H22N4O. The third kappa shape index (κ3) is 3.15. The molecule has 2 unspecified atom stereocenters. The SMILES string of the molecule is CC1CNC(=O)C(CN)N1CCN(C)C. The summed E-state index contributed by atoms with van der Waals surface area (Å²) in [7, 11) is 4.07. The Labute approximate surface area is 91.6 Å². The summed E-state index contributed by atoms with van der Waals surface area (Å²) < 4.78 is 0. The molecule has 0 aromatic rings. The van der Waals surface area contributed by atoms with Crippen LogP contribution in [0.3, 0.4) is 0 Å². The van der Waals surface area contributed by atoms with E-state index in [-0.39, 0.29) is 11.9 Å². The molecular weight excluding hydrogens is 192 g/mol. The van der Waals surface area contributed by atoms with Gasteiger partial charge in [0.2, 0.25) is 5.91 Å². The minimum absolute atomic E-state index is 0.0642. The summed E-state index contributed by atoms with van der Waals surface area (Å²) in [6, 6.07) is 0.213. The van der Waals surface area contributed by atoms with Crippen molar-refractivity contribution in [1.82, 2.24) is 15.1 Å². The molecule has 0 aromatic heterocycles. The molecule has 0 radical (unpaired) electrons. The van der Waals surface area contributed by atoms with Crippen LogP contribution < -0.4 is 11.1 Å². The second-order valence-corrected chi connectivity index (χ2v) is 4.39. The number of amides is 1. The van der Waals surface area contributed by atoms with E-state index in [2.05, 4.69) is 22.0 Å². The minimum Gasteiger partial charge on any atom is -0.353 e. The third-order valence-corrected chi connectivity index (χ3v) is 2.87. The smallest absolute Gasteiger partial charge is 0.238 e. The number of hydrogen-bond acceptors (Lipinski definition) is 4. The van der Waals surface area contributed by atoms with E-state index >= 15 is 0 Å². The molecule has 1 amide bonds. The molecule has 0 aliphatic carbocycles. The first-order valence-electron chi connectivity index (χ1n) is 5.44. The molecule has 1 heterocycles. The maximum atomic E-state index is 11.6. The normalized spacial score (nSPS) is 28.2. The van der Waals surface area contributed by atoms with Crippen LogP contribution in [0.5, 0.6) is 0 Å². The van der Waals surface area contributed by atoms with Gasteiger partial charge in [-0.2, -0.15) is 0 Å². The van der Waals surface area contributed by atoms with Crippen molar-refractivity contribution in [3.63, 3.8) is 0 Å². The van der Waals surface area contributed by atoms with Crippen molar-refractivity contribution >= 4 is 5.91 Å². The second kappa shape index (κ2) is 5.44. The lowest BCUT2D eigenvalue weighted by Crippen LogP contribution is -2.62. The van der Waals surface area contributed by atoms with E-state index in [1.54, 1.807) is 0 Å². The van der Waals surface area contributed by atoms with Crippen LogP contribution in [0.1, 0.15) is 6.92 Å². The van der Waals surface area contributed by atoms with Gasteiger partial charge in [0.15, 0.2) is 0 Å². The summed E-state index contributed by atoms with van der Waals surface area (Å²) >= 11 is 0. The topological polar surface area (TPSA) is 61.6 Å². The van der Waals surface area contributed by atoms with Gasteiger partial charge in [-0.25, -0.2) is 0 Å². The molecule has 5 nitrogen and oxygen atoms in total. The van der Waals surface area contributed by atoms with Gasteiger partial charge in [0.25, 0.3) is 0 Å². The Morgan fingerprint density at radius 3 is 2.80 bits per heavy atom. The number of carbonyl (C=O) groups is 1. The molecule has 0 spiro atoms. The van der Waals surface area contributed by atoms with Gasteiger partial charge >= 0.3 is 0 Å². The first kappa shape index (κ1) is 12.4. The van der Waals surface area contributed by atoms with Gasteiger partial charge in [0, 0.05) is 32.2 Å². The van der Waals surface area contributed by atoms with Crippen LogP contribution in [0.2, 0.25) is 0 Å². The lowest BCUT2D eigenvalue weighted by Gasteiger charge is -2.39. The quantitative estimate of drug-likeness (QED) is 0.610. The summed E-state index contributed by atoms with van der Waals surface area (Å²) in [4.78, 5) is 15.9. The maximum absolute atomic E-state index is 11.6. The van der Waals surface area contributed by atoms with Crippen molar-refractivity contribution in [2.75, 3.05) is 40.3 Å². The van der Waals surface area contributed by atoms with Crippen molar-refractivity contribution in [2.24, 2.45) is 5.73 Å². The number of nitrogens with two attached hydrogens (primary N) is 1. The van der Waals surface area contributed by atoms with E-state index in [0.717, 1.165) is 19.6 Å². The minimum atomic E-state index is -0.159. The zero-order valence-electron chi connectivity index (χ0n) is 9.86. The van der Waals surface area contributed by atoms with Crippen molar-refractivity contribution < 1.29 is 4.79 Å². The Bertz CT molecular complexity index is 219. The Balaban J connectivity index is 2.58. The highest BCUT2D eigenvalue weighted by Gasteiger charge is 2.32. The van der Waals surface area contributed by atoms with E-state index in [0.29, 0.717) is 12.6 Å². The Hall–Kier alpha value is -0.650. The Morgan fingerprint density at radius 2 is 2.27 bits per heavy atom. The highest BCUT2D eigenvalue weighted by atomic mass is 16.2. The van der Waals surface area contributed by atoms with Crippen LogP contribution in [0, 0.1) is 0 Å². The largest absolute Gasteiger partial charge is 0.353 e. The molecule has 1 rings (SSSR count). The van der Waals surface area contributed by atoms with E-state index in [1.807, 2.05) is 14.1 Å². The summed E-state index contributed by atoms with van der Waals surface area (Å²) in [5.41, 5.74) is 5.64. The summed E-state index contributed by atoms with van der Waals surface area (Å²) in [5, 5.41) is 2.88. The Morgan fingerprint density at radius 1 is 1.60 bits per heavy atom. The fraction of sp³-hybridized carbons (Fsp3) is 0.900. The average Bonchev–Trinajstić information content (AvgIpc) is 2.19. The summed E-state index contributed by atoms with van der Waals surface area (Å²) in [6.07, 6.45) is 0. The Kier molecular flexibility index (Phi) is 4.50. The van der Waals surface area contributed by atoms with Crippen LogP contribution in [0.15, 0.2) is 0 Å². The van der Waals surface area contributed by atoms with Crippen LogP contribution in [0.4, 0.5) is 0 Å². The standard InChI is InChI=1S/C10H22N4O/c1-8-7-12-10(15)9(6-11)14(8)5-4-13(2)3/h8-9H,4-7,11H2,1-3H3,(H,12,15). The average molecular weight is 214 g/mol. The number of likely N-dealkylation sites (N-methyl/N-ethyl adjacent to an activating group) is 1. The van der Waals surface area contributed by atoms with E-state index in [9.17, 15) is 4.79 Å². The number of rotatable bonds is 4. The molecule has 5 heteroatoms. The van der Waals surface area contributed by atoms with Crippen LogP contribution in [-0.4, -0.2) is 68.1 Å². The van der Waals surface area contributed by atoms with Gasteiger partial charge < -0.3 is 16.0 Å². The van der Waals surface area contributed by atoms with Gasteiger partial charge in [0.1, 0.15) is 6.04 Å². The summed E-state index contributed by atoms with van der Waals surface area (Å²) in [6.45, 7) is 5.09. The highest BCUT2D eigenvalue weighted by Crippen LogP contribution is 2.09. The number of nitrogens with one attached hydrogen (secondary N) is 1. The number of hydrogen-bond donors (Lipinski definition) is 2.